The van der Waals surface area contributed by atoms with Crippen LogP contribution in [0.5, 0.6) is 0 Å². The fraction of sp³-hybridized carbons (Fsp3) is 0.381. The van der Waals surface area contributed by atoms with Crippen molar-refractivity contribution in [3.63, 3.8) is 0 Å². The predicted octanol–water partition coefficient (Wildman–Crippen LogP) is 2.89. The number of benzene rings is 1. The van der Waals surface area contributed by atoms with Crippen molar-refractivity contribution in [1.29, 1.82) is 0 Å². The van der Waals surface area contributed by atoms with Crippen molar-refractivity contribution in [1.82, 2.24) is 14.5 Å². The number of fused-ring (bicyclic) bond motifs is 3. The molecule has 0 fully saturated rings. The van der Waals surface area contributed by atoms with Crippen molar-refractivity contribution in [2.75, 3.05) is 13.6 Å². The Labute approximate surface area is 154 Å². The molecule has 0 spiro atoms. The van der Waals surface area contributed by atoms with E-state index in [1.807, 2.05) is 18.2 Å². The van der Waals surface area contributed by atoms with E-state index in [4.69, 9.17) is 0 Å². The van der Waals surface area contributed by atoms with E-state index in [-0.39, 0.29) is 14.0 Å². The summed E-state index contributed by atoms with van der Waals surface area (Å²) in [6.07, 6.45) is 3.83. The Bertz CT molecular complexity index is 889. The Hall–Kier alpha value is -2.21. The molecule has 0 amide bonds. The third-order valence-corrected chi connectivity index (χ3v) is 5.14. The molecule has 0 aliphatic carbocycles. The molecular weight excluding hydrogens is 326 g/mol. The zero-order chi connectivity index (χ0) is 17.4. The van der Waals surface area contributed by atoms with Gasteiger partial charge in [-0.05, 0) is 48.0 Å². The molecule has 3 aromatic rings. The smallest absolute Gasteiger partial charge is 0.0970 e. The normalized spacial score (nSPS) is 15.5. The molecule has 26 heavy (non-hydrogen) atoms. The number of pyridine rings is 1. The molecule has 5 nitrogen and oxygen atoms in total. The third kappa shape index (κ3) is 3.26. The van der Waals surface area contributed by atoms with Crippen LogP contribution in [-0.2, 0) is 26.1 Å². The standard InChI is InChI=1S/C20H23N3O2.CH4/c1-22-9-6-19-17(11-22)16-10-14(13-24)2-3-18(16)23(19)12-20(25)15-4-7-21-8-5-15;/h2-5,7-8,10,20,24-25H,6,9,11-13H2,1H3;1H4. The van der Waals surface area contributed by atoms with Gasteiger partial charge in [0.2, 0.25) is 0 Å². The van der Waals surface area contributed by atoms with E-state index in [1.165, 1.54) is 16.6 Å². The molecule has 1 aliphatic heterocycles. The van der Waals surface area contributed by atoms with Crippen LogP contribution in [0.2, 0.25) is 0 Å². The SMILES string of the molecule is C.CN1CCc2c(c3cc(CO)ccc3n2CC(O)c2ccncc2)C1. The number of hydrogen-bond acceptors (Lipinski definition) is 4. The topological polar surface area (TPSA) is 61.5 Å². The van der Waals surface area contributed by atoms with Crippen LogP contribution in [0.4, 0.5) is 0 Å². The van der Waals surface area contributed by atoms with Gasteiger partial charge in [-0.25, -0.2) is 0 Å². The van der Waals surface area contributed by atoms with Crippen LogP contribution in [0, 0.1) is 0 Å². The molecule has 1 aliphatic rings. The van der Waals surface area contributed by atoms with Crippen LogP contribution in [0.1, 0.15) is 35.9 Å². The van der Waals surface area contributed by atoms with Gasteiger partial charge in [-0.3, -0.25) is 4.98 Å². The summed E-state index contributed by atoms with van der Waals surface area (Å²) in [5.74, 6) is 0. The van der Waals surface area contributed by atoms with Crippen molar-refractivity contribution >= 4 is 10.9 Å². The summed E-state index contributed by atoms with van der Waals surface area (Å²) in [5, 5.41) is 21.4. The van der Waals surface area contributed by atoms with E-state index in [0.717, 1.165) is 36.2 Å². The van der Waals surface area contributed by atoms with Crippen LogP contribution in [-0.4, -0.2) is 38.3 Å². The molecule has 0 bridgehead atoms. The highest BCUT2D eigenvalue weighted by Crippen LogP contribution is 2.32. The Morgan fingerprint density at radius 2 is 1.96 bits per heavy atom. The average molecular weight is 353 g/mol. The van der Waals surface area contributed by atoms with Gasteiger partial charge in [0.1, 0.15) is 0 Å². The zero-order valence-corrected chi connectivity index (χ0v) is 14.4. The largest absolute Gasteiger partial charge is 0.392 e. The third-order valence-electron chi connectivity index (χ3n) is 5.14. The van der Waals surface area contributed by atoms with E-state index in [2.05, 4.69) is 33.6 Å². The Morgan fingerprint density at radius 3 is 2.69 bits per heavy atom. The molecule has 5 heteroatoms. The maximum absolute atomic E-state index is 10.7. The second-order valence-corrected chi connectivity index (χ2v) is 6.83. The summed E-state index contributed by atoms with van der Waals surface area (Å²) in [7, 11) is 2.13. The Balaban J connectivity index is 0.00000196. The highest BCUT2D eigenvalue weighted by Gasteiger charge is 2.24. The fourth-order valence-corrected chi connectivity index (χ4v) is 3.80. The first-order chi connectivity index (χ1) is 12.2. The lowest BCUT2D eigenvalue weighted by Gasteiger charge is -2.25. The van der Waals surface area contributed by atoms with Crippen molar-refractivity contribution in [2.45, 2.75) is 39.6 Å². The lowest BCUT2D eigenvalue weighted by atomic mass is 10.0. The van der Waals surface area contributed by atoms with Crippen molar-refractivity contribution in [2.24, 2.45) is 0 Å². The minimum Gasteiger partial charge on any atom is -0.392 e. The van der Waals surface area contributed by atoms with Gasteiger partial charge in [-0.1, -0.05) is 13.5 Å². The molecule has 2 aromatic heterocycles. The molecular formula is C21H27N3O2. The molecule has 3 heterocycles. The van der Waals surface area contributed by atoms with Gasteiger partial charge < -0.3 is 19.7 Å². The van der Waals surface area contributed by atoms with E-state index < -0.39 is 6.10 Å². The lowest BCUT2D eigenvalue weighted by molar-refractivity contribution is 0.156. The van der Waals surface area contributed by atoms with E-state index in [0.29, 0.717) is 6.54 Å². The molecule has 1 unspecified atom stereocenters. The fourth-order valence-electron chi connectivity index (χ4n) is 3.80. The summed E-state index contributed by atoms with van der Waals surface area (Å²) in [5.41, 5.74) is 5.56. The number of hydrogen-bond donors (Lipinski definition) is 2. The monoisotopic (exact) mass is 353 g/mol. The molecule has 0 saturated heterocycles. The van der Waals surface area contributed by atoms with Crippen LogP contribution >= 0.6 is 0 Å². The molecule has 1 atom stereocenters. The molecule has 0 radical (unpaired) electrons. The van der Waals surface area contributed by atoms with Crippen LogP contribution in [0.25, 0.3) is 10.9 Å². The maximum Gasteiger partial charge on any atom is 0.0970 e. The lowest BCUT2D eigenvalue weighted by Crippen LogP contribution is -2.27. The maximum atomic E-state index is 10.7. The number of aromatic nitrogens is 2. The van der Waals surface area contributed by atoms with Crippen molar-refractivity contribution in [3.05, 3.63) is 65.1 Å². The number of aliphatic hydroxyl groups is 2. The summed E-state index contributed by atoms with van der Waals surface area (Å²) in [6, 6.07) is 9.84. The zero-order valence-electron chi connectivity index (χ0n) is 14.4. The summed E-state index contributed by atoms with van der Waals surface area (Å²) < 4.78 is 2.25. The average Bonchev–Trinajstić information content (AvgIpc) is 2.95. The summed E-state index contributed by atoms with van der Waals surface area (Å²) in [6.45, 7) is 2.49. The van der Waals surface area contributed by atoms with Gasteiger partial charge in [0.15, 0.2) is 0 Å². The molecule has 4 rings (SSSR count). The highest BCUT2D eigenvalue weighted by atomic mass is 16.3. The van der Waals surface area contributed by atoms with E-state index >= 15 is 0 Å². The van der Waals surface area contributed by atoms with Crippen molar-refractivity contribution < 1.29 is 10.2 Å². The minimum absolute atomic E-state index is 0. The second-order valence-electron chi connectivity index (χ2n) is 6.83. The quantitative estimate of drug-likeness (QED) is 0.757. The first kappa shape index (κ1) is 18.6. The van der Waals surface area contributed by atoms with Gasteiger partial charge in [0.05, 0.1) is 19.3 Å². The van der Waals surface area contributed by atoms with Gasteiger partial charge in [0.25, 0.3) is 0 Å². The highest BCUT2D eigenvalue weighted by molar-refractivity contribution is 5.86. The summed E-state index contributed by atoms with van der Waals surface area (Å²) >= 11 is 0. The van der Waals surface area contributed by atoms with E-state index in [1.54, 1.807) is 12.4 Å². The molecule has 138 valence electrons. The van der Waals surface area contributed by atoms with Crippen molar-refractivity contribution in [3.8, 4) is 0 Å². The number of likely N-dealkylation sites (N-methyl/N-ethyl adjacent to an activating group) is 1. The number of nitrogens with zero attached hydrogens (tertiary/aromatic N) is 3. The second kappa shape index (κ2) is 7.58. The van der Waals surface area contributed by atoms with Crippen LogP contribution in [0.3, 0.4) is 0 Å². The van der Waals surface area contributed by atoms with Crippen LogP contribution in [0.15, 0.2) is 42.7 Å². The van der Waals surface area contributed by atoms with Gasteiger partial charge >= 0.3 is 0 Å². The molecule has 0 saturated carbocycles. The molecule has 1 aromatic carbocycles. The Morgan fingerprint density at radius 1 is 1.19 bits per heavy atom. The van der Waals surface area contributed by atoms with E-state index in [9.17, 15) is 10.2 Å². The predicted molar refractivity (Wildman–Crippen MR) is 104 cm³/mol. The first-order valence-electron chi connectivity index (χ1n) is 8.67. The van der Waals surface area contributed by atoms with Gasteiger partial charge in [-0.2, -0.15) is 0 Å². The minimum atomic E-state index is -0.570. The van der Waals surface area contributed by atoms with Crippen LogP contribution < -0.4 is 0 Å². The first-order valence-corrected chi connectivity index (χ1v) is 8.67. The van der Waals surface area contributed by atoms with Gasteiger partial charge in [-0.15, -0.1) is 0 Å². The Kier molecular flexibility index (Phi) is 5.41. The number of aliphatic hydroxyl groups excluding tert-OH is 2. The number of rotatable bonds is 4. The molecule has 2 N–H and O–H groups in total. The summed E-state index contributed by atoms with van der Waals surface area (Å²) in [4.78, 5) is 6.34. The van der Waals surface area contributed by atoms with Gasteiger partial charge in [0, 0.05) is 48.5 Å².